The van der Waals surface area contributed by atoms with Crippen molar-refractivity contribution in [2.24, 2.45) is 5.73 Å². The number of aromatic nitrogens is 1. The maximum absolute atomic E-state index is 5.69. The van der Waals surface area contributed by atoms with Crippen LogP contribution in [0.3, 0.4) is 0 Å². The molecule has 4 nitrogen and oxygen atoms in total. The van der Waals surface area contributed by atoms with Crippen LogP contribution in [-0.4, -0.2) is 16.9 Å². The molecule has 0 aliphatic rings. The molecule has 2 aromatic heterocycles. The van der Waals surface area contributed by atoms with E-state index < -0.39 is 0 Å². The van der Waals surface area contributed by atoms with Gasteiger partial charge in [-0.25, -0.2) is 0 Å². The SMILES string of the molecule is Cc1occc1CN(C)Cc1cccnc1CN. The average Bonchev–Trinajstić information content (AvgIpc) is 2.75. The summed E-state index contributed by atoms with van der Waals surface area (Å²) >= 11 is 0. The lowest BCUT2D eigenvalue weighted by atomic mass is 10.1. The average molecular weight is 245 g/mol. The first-order valence-electron chi connectivity index (χ1n) is 6.05. The molecule has 0 saturated carbocycles. The Kier molecular flexibility index (Phi) is 4.12. The van der Waals surface area contributed by atoms with E-state index in [1.165, 1.54) is 11.1 Å². The topological polar surface area (TPSA) is 55.3 Å². The first-order valence-corrected chi connectivity index (χ1v) is 6.05. The lowest BCUT2D eigenvalue weighted by Gasteiger charge is -2.17. The molecule has 0 aliphatic carbocycles. The molecular formula is C14H19N3O. The Morgan fingerprint density at radius 1 is 1.28 bits per heavy atom. The lowest BCUT2D eigenvalue weighted by Crippen LogP contribution is -2.19. The quantitative estimate of drug-likeness (QED) is 0.876. The number of aryl methyl sites for hydroxylation is 1. The van der Waals surface area contributed by atoms with Crippen molar-refractivity contribution in [3.05, 3.63) is 53.2 Å². The lowest BCUT2D eigenvalue weighted by molar-refractivity contribution is 0.315. The highest BCUT2D eigenvalue weighted by Gasteiger charge is 2.08. The van der Waals surface area contributed by atoms with Crippen molar-refractivity contribution < 1.29 is 4.42 Å². The van der Waals surface area contributed by atoms with Crippen molar-refractivity contribution in [3.63, 3.8) is 0 Å². The Morgan fingerprint density at radius 3 is 2.72 bits per heavy atom. The first kappa shape index (κ1) is 12.8. The Bertz CT molecular complexity index is 507. The third-order valence-corrected chi connectivity index (χ3v) is 3.02. The molecule has 2 N–H and O–H groups in total. The molecule has 96 valence electrons. The molecule has 0 amide bonds. The smallest absolute Gasteiger partial charge is 0.105 e. The monoisotopic (exact) mass is 245 g/mol. The standard InChI is InChI=1S/C14H19N3O/c1-11-12(5-7-18-11)9-17(2)10-13-4-3-6-16-14(13)8-15/h3-7H,8-10,15H2,1-2H3. The Labute approximate surface area is 107 Å². The van der Waals surface area contributed by atoms with Gasteiger partial charge in [0.15, 0.2) is 0 Å². The second-order valence-electron chi connectivity index (χ2n) is 4.49. The number of hydrogen-bond donors (Lipinski definition) is 1. The van der Waals surface area contributed by atoms with E-state index in [0.717, 1.165) is 24.5 Å². The minimum atomic E-state index is 0.481. The van der Waals surface area contributed by atoms with Crippen LogP contribution in [0, 0.1) is 6.92 Å². The van der Waals surface area contributed by atoms with E-state index in [0.29, 0.717) is 6.54 Å². The summed E-state index contributed by atoms with van der Waals surface area (Å²) in [6.45, 7) is 4.17. The highest BCUT2D eigenvalue weighted by atomic mass is 16.3. The van der Waals surface area contributed by atoms with Crippen LogP contribution in [-0.2, 0) is 19.6 Å². The van der Waals surface area contributed by atoms with Crippen LogP contribution in [0.5, 0.6) is 0 Å². The maximum atomic E-state index is 5.69. The Morgan fingerprint density at radius 2 is 2.06 bits per heavy atom. The minimum absolute atomic E-state index is 0.481. The molecule has 4 heteroatoms. The van der Waals surface area contributed by atoms with E-state index in [1.54, 1.807) is 12.5 Å². The van der Waals surface area contributed by atoms with Gasteiger partial charge < -0.3 is 10.2 Å². The summed E-state index contributed by atoms with van der Waals surface area (Å²) in [5.41, 5.74) is 9.06. The van der Waals surface area contributed by atoms with Crippen molar-refractivity contribution in [1.29, 1.82) is 0 Å². The van der Waals surface area contributed by atoms with Crippen molar-refractivity contribution in [3.8, 4) is 0 Å². The van der Waals surface area contributed by atoms with Gasteiger partial charge >= 0.3 is 0 Å². The second-order valence-corrected chi connectivity index (χ2v) is 4.49. The molecule has 0 bridgehead atoms. The van der Waals surface area contributed by atoms with Crippen molar-refractivity contribution in [1.82, 2.24) is 9.88 Å². The maximum Gasteiger partial charge on any atom is 0.105 e. The number of nitrogens with two attached hydrogens (primary N) is 1. The van der Waals surface area contributed by atoms with Crippen LogP contribution >= 0.6 is 0 Å². The molecule has 0 unspecified atom stereocenters. The van der Waals surface area contributed by atoms with Gasteiger partial charge in [0.1, 0.15) is 5.76 Å². The molecule has 0 atom stereocenters. The normalized spacial score (nSPS) is 11.1. The van der Waals surface area contributed by atoms with Gasteiger partial charge in [-0.05, 0) is 31.7 Å². The molecular weight excluding hydrogens is 226 g/mol. The van der Waals surface area contributed by atoms with Gasteiger partial charge in [-0.2, -0.15) is 0 Å². The van der Waals surface area contributed by atoms with Crippen molar-refractivity contribution in [2.45, 2.75) is 26.6 Å². The van der Waals surface area contributed by atoms with E-state index >= 15 is 0 Å². The zero-order chi connectivity index (χ0) is 13.0. The van der Waals surface area contributed by atoms with Crippen LogP contribution < -0.4 is 5.73 Å². The zero-order valence-electron chi connectivity index (χ0n) is 10.9. The molecule has 0 aliphatic heterocycles. The fourth-order valence-electron chi connectivity index (χ4n) is 2.01. The molecule has 0 radical (unpaired) electrons. The zero-order valence-corrected chi connectivity index (χ0v) is 10.9. The summed E-state index contributed by atoms with van der Waals surface area (Å²) in [6.07, 6.45) is 3.51. The molecule has 2 aromatic rings. The molecule has 2 rings (SSSR count). The van der Waals surface area contributed by atoms with E-state index in [-0.39, 0.29) is 0 Å². The Hall–Kier alpha value is -1.65. The van der Waals surface area contributed by atoms with Gasteiger partial charge in [-0.1, -0.05) is 6.07 Å². The highest BCUT2D eigenvalue weighted by molar-refractivity contribution is 5.20. The van der Waals surface area contributed by atoms with Crippen LogP contribution in [0.1, 0.15) is 22.6 Å². The molecule has 0 spiro atoms. The van der Waals surface area contributed by atoms with Crippen LogP contribution in [0.25, 0.3) is 0 Å². The number of furan rings is 1. The third-order valence-electron chi connectivity index (χ3n) is 3.02. The fourth-order valence-corrected chi connectivity index (χ4v) is 2.01. The van der Waals surface area contributed by atoms with Crippen LogP contribution in [0.2, 0.25) is 0 Å². The summed E-state index contributed by atoms with van der Waals surface area (Å²) in [5, 5.41) is 0. The predicted molar refractivity (Wildman–Crippen MR) is 70.7 cm³/mol. The molecule has 2 heterocycles. The van der Waals surface area contributed by atoms with Gasteiger partial charge in [-0.3, -0.25) is 9.88 Å². The van der Waals surface area contributed by atoms with Crippen LogP contribution in [0.15, 0.2) is 35.1 Å². The van der Waals surface area contributed by atoms with Gasteiger partial charge in [-0.15, -0.1) is 0 Å². The second kappa shape index (κ2) is 5.80. The number of nitrogens with zero attached hydrogens (tertiary/aromatic N) is 2. The summed E-state index contributed by atoms with van der Waals surface area (Å²) in [5.74, 6) is 0.979. The largest absolute Gasteiger partial charge is 0.469 e. The molecule has 0 aromatic carbocycles. The summed E-state index contributed by atoms with van der Waals surface area (Å²) < 4.78 is 5.30. The predicted octanol–water partition coefficient (Wildman–Crippen LogP) is 2.07. The summed E-state index contributed by atoms with van der Waals surface area (Å²) in [4.78, 5) is 6.52. The highest BCUT2D eigenvalue weighted by Crippen LogP contribution is 2.14. The van der Waals surface area contributed by atoms with E-state index in [1.807, 2.05) is 19.1 Å². The third kappa shape index (κ3) is 2.97. The minimum Gasteiger partial charge on any atom is -0.469 e. The Balaban J connectivity index is 2.03. The number of pyridine rings is 1. The summed E-state index contributed by atoms with van der Waals surface area (Å²) in [7, 11) is 2.08. The summed E-state index contributed by atoms with van der Waals surface area (Å²) in [6, 6.07) is 6.04. The van der Waals surface area contributed by atoms with Gasteiger partial charge in [0, 0.05) is 31.4 Å². The van der Waals surface area contributed by atoms with Gasteiger partial charge in [0.05, 0.1) is 12.0 Å². The molecule has 0 fully saturated rings. The van der Waals surface area contributed by atoms with Crippen LogP contribution in [0.4, 0.5) is 0 Å². The fraction of sp³-hybridized carbons (Fsp3) is 0.357. The van der Waals surface area contributed by atoms with Crippen molar-refractivity contribution >= 4 is 0 Å². The number of hydrogen-bond acceptors (Lipinski definition) is 4. The van der Waals surface area contributed by atoms with E-state index in [2.05, 4.69) is 23.0 Å². The van der Waals surface area contributed by atoms with Crippen molar-refractivity contribution in [2.75, 3.05) is 7.05 Å². The van der Waals surface area contributed by atoms with E-state index in [4.69, 9.17) is 10.2 Å². The molecule has 18 heavy (non-hydrogen) atoms. The van der Waals surface area contributed by atoms with Gasteiger partial charge in [0.25, 0.3) is 0 Å². The first-order chi connectivity index (χ1) is 8.70. The van der Waals surface area contributed by atoms with Gasteiger partial charge in [0.2, 0.25) is 0 Å². The van der Waals surface area contributed by atoms with E-state index in [9.17, 15) is 0 Å². The number of rotatable bonds is 5. The molecule has 0 saturated heterocycles.